The van der Waals surface area contributed by atoms with Crippen LogP contribution in [0.3, 0.4) is 0 Å². The van der Waals surface area contributed by atoms with Crippen LogP contribution < -0.4 is 4.90 Å². The van der Waals surface area contributed by atoms with Crippen molar-refractivity contribution in [3.8, 4) is 11.4 Å². The molecule has 0 bridgehead atoms. The summed E-state index contributed by atoms with van der Waals surface area (Å²) in [6.07, 6.45) is 1.53. The molecule has 1 unspecified atom stereocenters. The lowest BCUT2D eigenvalue weighted by atomic mass is 10.1. The number of benzene rings is 2. The van der Waals surface area contributed by atoms with E-state index in [2.05, 4.69) is 33.9 Å². The minimum atomic E-state index is -0.532. The number of nitrogens with zero attached hydrogens (tertiary/aromatic N) is 4. The lowest BCUT2D eigenvalue weighted by Gasteiger charge is -2.29. The number of fused-ring (bicyclic) bond motifs is 3. The van der Waals surface area contributed by atoms with Crippen molar-refractivity contribution in [2.24, 2.45) is 7.05 Å². The first kappa shape index (κ1) is 18.1. The van der Waals surface area contributed by atoms with Gasteiger partial charge in [-0.15, -0.1) is 0 Å². The van der Waals surface area contributed by atoms with Crippen molar-refractivity contribution in [3.05, 3.63) is 54.2 Å². The fraction of sp³-hybridized carbons (Fsp3) is 0.304. The van der Waals surface area contributed by atoms with Crippen molar-refractivity contribution in [2.75, 3.05) is 31.2 Å². The monoisotopic (exact) mass is 388 g/mol. The fourth-order valence-electron chi connectivity index (χ4n) is 4.01. The van der Waals surface area contributed by atoms with Crippen LogP contribution >= 0.6 is 0 Å². The molecule has 2 aromatic carbocycles. The van der Waals surface area contributed by atoms with Gasteiger partial charge in [-0.2, -0.15) is 0 Å². The quantitative estimate of drug-likeness (QED) is 0.580. The molecule has 5 rings (SSSR count). The standard InChI is InChI=1S/C23H24N4O2/c1-15(28)16-4-3-5-17(14-16)22-24-21-18-8-9-26(2)20(18)7-6-19(21)23(25-22)27-10-12-29-13-11-27/h3-9,14-15,28H,10-13H2,1-2H3. The molecule has 6 heteroatoms. The maximum atomic E-state index is 10.0. The second-order valence-electron chi connectivity index (χ2n) is 7.59. The second kappa shape index (κ2) is 7.13. The van der Waals surface area contributed by atoms with Crippen molar-refractivity contribution < 1.29 is 9.84 Å². The minimum absolute atomic E-state index is 0.532. The van der Waals surface area contributed by atoms with Gasteiger partial charge >= 0.3 is 0 Å². The molecule has 0 radical (unpaired) electrons. The van der Waals surface area contributed by atoms with Gasteiger partial charge in [0, 0.05) is 48.2 Å². The highest BCUT2D eigenvalue weighted by atomic mass is 16.5. The van der Waals surface area contributed by atoms with Gasteiger partial charge in [-0.3, -0.25) is 0 Å². The Hall–Kier alpha value is -2.96. The summed E-state index contributed by atoms with van der Waals surface area (Å²) in [6, 6.07) is 14.2. The first-order valence-electron chi connectivity index (χ1n) is 9.99. The third-order valence-corrected chi connectivity index (χ3v) is 5.65. The maximum absolute atomic E-state index is 10.0. The van der Waals surface area contributed by atoms with Crippen molar-refractivity contribution >= 4 is 27.6 Å². The first-order chi connectivity index (χ1) is 14.1. The van der Waals surface area contributed by atoms with Gasteiger partial charge in [0.05, 0.1) is 24.8 Å². The molecule has 148 valence electrons. The number of aliphatic hydroxyl groups is 1. The zero-order chi connectivity index (χ0) is 20.0. The van der Waals surface area contributed by atoms with Gasteiger partial charge in [0.2, 0.25) is 0 Å². The molecule has 0 amide bonds. The van der Waals surface area contributed by atoms with Crippen LogP contribution in [0.2, 0.25) is 0 Å². The SMILES string of the molecule is CC(O)c1cccc(-c2nc(N3CCOCC3)c3ccc4c(ccn4C)c3n2)c1. The lowest BCUT2D eigenvalue weighted by Crippen LogP contribution is -2.37. The van der Waals surface area contributed by atoms with E-state index in [0.717, 1.165) is 51.8 Å². The summed E-state index contributed by atoms with van der Waals surface area (Å²) in [7, 11) is 2.05. The number of aromatic nitrogens is 3. The van der Waals surface area contributed by atoms with E-state index >= 15 is 0 Å². The molecule has 1 aliphatic heterocycles. The Morgan fingerprint density at radius 2 is 1.86 bits per heavy atom. The topological polar surface area (TPSA) is 63.4 Å². The maximum Gasteiger partial charge on any atom is 0.162 e. The van der Waals surface area contributed by atoms with E-state index in [4.69, 9.17) is 14.7 Å². The second-order valence-corrected chi connectivity index (χ2v) is 7.59. The van der Waals surface area contributed by atoms with Crippen molar-refractivity contribution in [1.29, 1.82) is 0 Å². The number of aliphatic hydroxyl groups excluding tert-OH is 1. The average Bonchev–Trinajstić information content (AvgIpc) is 3.15. The molecule has 0 aliphatic carbocycles. The molecule has 1 fully saturated rings. The number of morpholine rings is 1. The third kappa shape index (κ3) is 3.14. The van der Waals surface area contributed by atoms with Crippen LogP contribution in [0.1, 0.15) is 18.6 Å². The predicted molar refractivity (Wildman–Crippen MR) is 115 cm³/mol. The number of ether oxygens (including phenoxy) is 1. The Bertz CT molecular complexity index is 1190. The summed E-state index contributed by atoms with van der Waals surface area (Å²) in [4.78, 5) is 12.2. The molecule has 1 atom stereocenters. The molecule has 1 saturated heterocycles. The molecular weight excluding hydrogens is 364 g/mol. The van der Waals surface area contributed by atoms with E-state index in [-0.39, 0.29) is 0 Å². The Balaban J connectivity index is 1.77. The number of aryl methyl sites for hydroxylation is 1. The largest absolute Gasteiger partial charge is 0.389 e. The molecule has 0 spiro atoms. The van der Waals surface area contributed by atoms with Crippen LogP contribution in [0, 0.1) is 0 Å². The Morgan fingerprint density at radius 1 is 1.03 bits per heavy atom. The number of rotatable bonds is 3. The average molecular weight is 388 g/mol. The number of hydrogen-bond acceptors (Lipinski definition) is 5. The molecule has 3 heterocycles. The van der Waals surface area contributed by atoms with Crippen LogP contribution in [0.25, 0.3) is 33.2 Å². The summed E-state index contributed by atoms with van der Waals surface area (Å²) in [5.41, 5.74) is 3.87. The van der Waals surface area contributed by atoms with E-state index < -0.39 is 6.10 Å². The molecule has 6 nitrogen and oxygen atoms in total. The van der Waals surface area contributed by atoms with Gasteiger partial charge in [0.1, 0.15) is 5.82 Å². The van der Waals surface area contributed by atoms with Crippen LogP contribution in [-0.4, -0.2) is 45.9 Å². The summed E-state index contributed by atoms with van der Waals surface area (Å²) in [6.45, 7) is 4.79. The first-order valence-corrected chi connectivity index (χ1v) is 9.99. The highest BCUT2D eigenvalue weighted by Crippen LogP contribution is 2.33. The lowest BCUT2D eigenvalue weighted by molar-refractivity contribution is 0.122. The summed E-state index contributed by atoms with van der Waals surface area (Å²) in [5, 5.41) is 12.2. The summed E-state index contributed by atoms with van der Waals surface area (Å²) < 4.78 is 7.66. The number of anilines is 1. The van der Waals surface area contributed by atoms with E-state index in [9.17, 15) is 5.11 Å². The van der Waals surface area contributed by atoms with Crippen molar-refractivity contribution in [2.45, 2.75) is 13.0 Å². The zero-order valence-corrected chi connectivity index (χ0v) is 16.7. The van der Waals surface area contributed by atoms with Crippen molar-refractivity contribution in [3.63, 3.8) is 0 Å². The fourth-order valence-corrected chi connectivity index (χ4v) is 4.01. The van der Waals surface area contributed by atoms with Gasteiger partial charge in [-0.05, 0) is 36.8 Å². The van der Waals surface area contributed by atoms with Gasteiger partial charge in [-0.25, -0.2) is 9.97 Å². The van der Waals surface area contributed by atoms with Gasteiger partial charge < -0.3 is 19.3 Å². The molecular formula is C23H24N4O2. The highest BCUT2D eigenvalue weighted by molar-refractivity contribution is 6.08. The zero-order valence-electron chi connectivity index (χ0n) is 16.7. The molecule has 2 aromatic heterocycles. The van der Waals surface area contributed by atoms with Gasteiger partial charge in [0.25, 0.3) is 0 Å². The Kier molecular flexibility index (Phi) is 4.45. The van der Waals surface area contributed by atoms with Gasteiger partial charge in [-0.1, -0.05) is 18.2 Å². The van der Waals surface area contributed by atoms with Crippen LogP contribution in [-0.2, 0) is 11.8 Å². The van der Waals surface area contributed by atoms with E-state index in [1.54, 1.807) is 6.92 Å². The predicted octanol–water partition coefficient (Wildman–Crippen LogP) is 3.68. The van der Waals surface area contributed by atoms with Crippen LogP contribution in [0.4, 0.5) is 5.82 Å². The van der Waals surface area contributed by atoms with Gasteiger partial charge in [0.15, 0.2) is 5.82 Å². The third-order valence-electron chi connectivity index (χ3n) is 5.65. The Labute approximate surface area is 169 Å². The van der Waals surface area contributed by atoms with Crippen LogP contribution in [0.15, 0.2) is 48.7 Å². The summed E-state index contributed by atoms with van der Waals surface area (Å²) in [5.74, 6) is 1.62. The molecule has 1 aliphatic rings. The minimum Gasteiger partial charge on any atom is -0.389 e. The Morgan fingerprint density at radius 3 is 2.66 bits per heavy atom. The molecule has 4 aromatic rings. The highest BCUT2D eigenvalue weighted by Gasteiger charge is 2.20. The summed E-state index contributed by atoms with van der Waals surface area (Å²) >= 11 is 0. The molecule has 0 saturated carbocycles. The molecule has 1 N–H and O–H groups in total. The normalized spacial score (nSPS) is 15.9. The van der Waals surface area contributed by atoms with Crippen molar-refractivity contribution in [1.82, 2.24) is 14.5 Å². The smallest absolute Gasteiger partial charge is 0.162 e. The van der Waals surface area contributed by atoms with E-state index in [1.165, 1.54) is 0 Å². The van der Waals surface area contributed by atoms with E-state index in [0.29, 0.717) is 19.0 Å². The van der Waals surface area contributed by atoms with Crippen LogP contribution in [0.5, 0.6) is 0 Å². The number of hydrogen-bond donors (Lipinski definition) is 1. The molecule has 29 heavy (non-hydrogen) atoms. The van der Waals surface area contributed by atoms with E-state index in [1.807, 2.05) is 31.3 Å².